The van der Waals surface area contributed by atoms with Gasteiger partial charge in [0.1, 0.15) is 6.04 Å². The zero-order chi connectivity index (χ0) is 14.0. The molecule has 19 heavy (non-hydrogen) atoms. The first-order chi connectivity index (χ1) is 9.04. The van der Waals surface area contributed by atoms with Crippen molar-refractivity contribution in [2.45, 2.75) is 26.3 Å². The molecule has 0 radical (unpaired) electrons. The molecule has 0 spiro atoms. The van der Waals surface area contributed by atoms with Crippen LogP contribution in [0.15, 0.2) is 18.2 Å². The zero-order valence-corrected chi connectivity index (χ0v) is 12.0. The monoisotopic (exact) mass is 261 g/mol. The molecule has 1 amide bonds. The van der Waals surface area contributed by atoms with Crippen LogP contribution in [0.1, 0.15) is 17.5 Å². The summed E-state index contributed by atoms with van der Waals surface area (Å²) < 4.78 is 0. The van der Waals surface area contributed by atoms with E-state index in [2.05, 4.69) is 36.9 Å². The van der Waals surface area contributed by atoms with Crippen molar-refractivity contribution >= 4 is 11.6 Å². The summed E-state index contributed by atoms with van der Waals surface area (Å²) in [6.07, 6.45) is 0.978. The molecule has 4 nitrogen and oxygen atoms in total. The zero-order valence-electron chi connectivity index (χ0n) is 12.0. The number of rotatable bonds is 2. The van der Waals surface area contributed by atoms with Gasteiger partial charge in [-0.2, -0.15) is 0 Å². The van der Waals surface area contributed by atoms with E-state index in [-0.39, 0.29) is 11.9 Å². The van der Waals surface area contributed by atoms with Gasteiger partial charge in [-0.25, -0.2) is 0 Å². The smallest absolute Gasteiger partial charge is 0.246 e. The number of nitrogens with two attached hydrogens (primary N) is 1. The van der Waals surface area contributed by atoms with E-state index in [1.807, 2.05) is 7.05 Å². The van der Waals surface area contributed by atoms with Gasteiger partial charge < -0.3 is 15.5 Å². The van der Waals surface area contributed by atoms with Crippen LogP contribution in [0.3, 0.4) is 0 Å². The molecule has 0 bridgehead atoms. The Labute approximate surface area is 115 Å². The van der Waals surface area contributed by atoms with E-state index in [4.69, 9.17) is 5.73 Å². The van der Waals surface area contributed by atoms with E-state index in [9.17, 15) is 4.79 Å². The molecule has 0 aliphatic carbocycles. The number of anilines is 1. The summed E-state index contributed by atoms with van der Waals surface area (Å²) in [7, 11) is 1.86. The second-order valence-corrected chi connectivity index (χ2v) is 5.33. The minimum Gasteiger partial charge on any atom is -0.358 e. The van der Waals surface area contributed by atoms with Gasteiger partial charge >= 0.3 is 0 Å². The van der Waals surface area contributed by atoms with Crippen LogP contribution in [0, 0.1) is 13.8 Å². The van der Waals surface area contributed by atoms with Crippen molar-refractivity contribution in [3.05, 3.63) is 29.3 Å². The quantitative estimate of drug-likeness (QED) is 0.873. The third-order valence-electron chi connectivity index (χ3n) is 3.98. The van der Waals surface area contributed by atoms with E-state index in [1.165, 1.54) is 11.1 Å². The average molecular weight is 261 g/mol. The van der Waals surface area contributed by atoms with Crippen molar-refractivity contribution < 1.29 is 4.79 Å². The third kappa shape index (κ3) is 2.73. The lowest BCUT2D eigenvalue weighted by Crippen LogP contribution is -2.49. The Morgan fingerprint density at radius 2 is 2.00 bits per heavy atom. The molecule has 1 aliphatic heterocycles. The highest BCUT2D eigenvalue weighted by Crippen LogP contribution is 2.23. The Kier molecular flexibility index (Phi) is 4.10. The van der Waals surface area contributed by atoms with Gasteiger partial charge in [0.25, 0.3) is 0 Å². The normalized spacial score (nSPS) is 20.6. The number of carbonyl (C=O) groups excluding carboxylic acids is 1. The number of hydrogen-bond acceptors (Lipinski definition) is 3. The lowest BCUT2D eigenvalue weighted by Gasteiger charge is -2.31. The summed E-state index contributed by atoms with van der Waals surface area (Å²) in [5.41, 5.74) is 9.45. The van der Waals surface area contributed by atoms with Crippen molar-refractivity contribution in [3.8, 4) is 0 Å². The summed E-state index contributed by atoms with van der Waals surface area (Å²) in [5.74, 6) is 0.123. The molecule has 4 heteroatoms. The molecular weight excluding hydrogens is 238 g/mol. The molecule has 2 N–H and O–H groups in total. The summed E-state index contributed by atoms with van der Waals surface area (Å²) >= 11 is 0. The molecule has 1 heterocycles. The molecule has 1 aromatic rings. The predicted molar refractivity (Wildman–Crippen MR) is 78.4 cm³/mol. The average Bonchev–Trinajstić information content (AvgIpc) is 2.53. The van der Waals surface area contributed by atoms with E-state index in [1.54, 1.807) is 4.90 Å². The van der Waals surface area contributed by atoms with Crippen LogP contribution in [0.5, 0.6) is 0 Å². The van der Waals surface area contributed by atoms with Crippen molar-refractivity contribution in [1.82, 2.24) is 4.90 Å². The number of amides is 1. The van der Waals surface area contributed by atoms with Gasteiger partial charge in [-0.3, -0.25) is 4.79 Å². The highest BCUT2D eigenvalue weighted by Gasteiger charge is 2.30. The number of hydrogen-bond donors (Lipinski definition) is 1. The summed E-state index contributed by atoms with van der Waals surface area (Å²) in [6, 6.07) is 6.10. The van der Waals surface area contributed by atoms with Crippen LogP contribution in [0.25, 0.3) is 0 Å². The molecule has 1 fully saturated rings. The van der Waals surface area contributed by atoms with Gasteiger partial charge in [0, 0.05) is 32.4 Å². The SMILES string of the molecule is Cc1ccc(N2CCCN(C)C(=O)C2CN)cc1C. The minimum atomic E-state index is -0.241. The Balaban J connectivity index is 2.34. The number of benzene rings is 1. The van der Waals surface area contributed by atoms with Crippen LogP contribution in [0.4, 0.5) is 5.69 Å². The van der Waals surface area contributed by atoms with Gasteiger partial charge in [0.15, 0.2) is 0 Å². The highest BCUT2D eigenvalue weighted by atomic mass is 16.2. The predicted octanol–water partition coefficient (Wildman–Crippen LogP) is 1.30. The molecule has 0 aromatic heterocycles. The number of likely N-dealkylation sites (N-methyl/N-ethyl adjacent to an activating group) is 1. The number of nitrogens with zero attached hydrogens (tertiary/aromatic N) is 2. The Morgan fingerprint density at radius 3 is 2.63 bits per heavy atom. The molecule has 1 unspecified atom stereocenters. The lowest BCUT2D eigenvalue weighted by molar-refractivity contribution is -0.130. The fraction of sp³-hybridized carbons (Fsp3) is 0.533. The van der Waals surface area contributed by atoms with Gasteiger partial charge in [-0.1, -0.05) is 6.07 Å². The molecule has 0 saturated carbocycles. The first-order valence-corrected chi connectivity index (χ1v) is 6.83. The van der Waals surface area contributed by atoms with Crippen molar-refractivity contribution in [3.63, 3.8) is 0 Å². The van der Waals surface area contributed by atoms with Gasteiger partial charge in [0.05, 0.1) is 0 Å². The third-order valence-corrected chi connectivity index (χ3v) is 3.98. The molecule has 1 aliphatic rings. The van der Waals surface area contributed by atoms with Crippen molar-refractivity contribution in [2.24, 2.45) is 5.73 Å². The van der Waals surface area contributed by atoms with Crippen LogP contribution >= 0.6 is 0 Å². The van der Waals surface area contributed by atoms with Crippen molar-refractivity contribution in [2.75, 3.05) is 31.6 Å². The Hall–Kier alpha value is -1.55. The molecule has 1 saturated heterocycles. The van der Waals surface area contributed by atoms with E-state index in [0.29, 0.717) is 6.54 Å². The standard InChI is InChI=1S/C15H23N3O/c1-11-5-6-13(9-12(11)2)18-8-4-7-17(3)15(19)14(18)10-16/h5-6,9,14H,4,7-8,10,16H2,1-3H3. The topological polar surface area (TPSA) is 49.6 Å². The summed E-state index contributed by atoms with van der Waals surface area (Å²) in [4.78, 5) is 16.3. The maximum atomic E-state index is 12.3. The molecule has 2 rings (SSSR count). The van der Waals surface area contributed by atoms with Crippen LogP contribution in [-0.2, 0) is 4.79 Å². The molecule has 1 atom stereocenters. The maximum Gasteiger partial charge on any atom is 0.246 e. The molecule has 1 aromatic carbocycles. The van der Waals surface area contributed by atoms with E-state index in [0.717, 1.165) is 25.2 Å². The van der Waals surface area contributed by atoms with Crippen LogP contribution < -0.4 is 10.6 Å². The molecular formula is C15H23N3O. The first kappa shape index (κ1) is 13.9. The van der Waals surface area contributed by atoms with E-state index >= 15 is 0 Å². The maximum absolute atomic E-state index is 12.3. The number of carbonyl (C=O) groups is 1. The fourth-order valence-corrected chi connectivity index (χ4v) is 2.57. The molecule has 104 valence electrons. The largest absolute Gasteiger partial charge is 0.358 e. The second kappa shape index (κ2) is 5.61. The highest BCUT2D eigenvalue weighted by molar-refractivity contribution is 5.86. The van der Waals surface area contributed by atoms with Gasteiger partial charge in [-0.15, -0.1) is 0 Å². The van der Waals surface area contributed by atoms with Gasteiger partial charge in [0.2, 0.25) is 5.91 Å². The minimum absolute atomic E-state index is 0.123. The fourth-order valence-electron chi connectivity index (χ4n) is 2.57. The second-order valence-electron chi connectivity index (χ2n) is 5.33. The summed E-state index contributed by atoms with van der Waals surface area (Å²) in [5, 5.41) is 0. The lowest BCUT2D eigenvalue weighted by atomic mass is 10.1. The Bertz CT molecular complexity index is 472. The summed E-state index contributed by atoms with van der Waals surface area (Å²) in [6.45, 7) is 6.23. The van der Waals surface area contributed by atoms with Crippen molar-refractivity contribution in [1.29, 1.82) is 0 Å². The first-order valence-electron chi connectivity index (χ1n) is 6.83. The Morgan fingerprint density at radius 1 is 1.26 bits per heavy atom. The van der Waals surface area contributed by atoms with Gasteiger partial charge in [-0.05, 0) is 43.5 Å². The van der Waals surface area contributed by atoms with Crippen LogP contribution in [-0.4, -0.2) is 43.5 Å². The van der Waals surface area contributed by atoms with Crippen LogP contribution in [0.2, 0.25) is 0 Å². The van der Waals surface area contributed by atoms with E-state index < -0.39 is 0 Å². The number of aryl methyl sites for hydroxylation is 2.